The van der Waals surface area contributed by atoms with Crippen LogP contribution in [0.2, 0.25) is 0 Å². The Morgan fingerprint density at radius 2 is 1.76 bits per heavy atom. The molecule has 0 spiro atoms. The van der Waals surface area contributed by atoms with Crippen molar-refractivity contribution in [3.63, 3.8) is 0 Å². The third-order valence-electron chi connectivity index (χ3n) is 5.24. The predicted molar refractivity (Wildman–Crippen MR) is 121 cm³/mol. The minimum absolute atomic E-state index is 0. The van der Waals surface area contributed by atoms with E-state index < -0.39 is 44.8 Å². The summed E-state index contributed by atoms with van der Waals surface area (Å²) in [5.41, 5.74) is -5.52. The zero-order chi connectivity index (χ0) is 24.4. The van der Waals surface area contributed by atoms with Crippen LogP contribution >= 0.6 is 12.4 Å². The van der Waals surface area contributed by atoms with Gasteiger partial charge in [-0.05, 0) is 35.0 Å². The van der Waals surface area contributed by atoms with Crippen LogP contribution in [-0.2, 0) is 24.8 Å². The number of sulfonamides is 2. The molecule has 15 heteroatoms. The molecular formula is C19H23ClF3N3O6S2. The number of aldehydes is 1. The summed E-state index contributed by atoms with van der Waals surface area (Å²) in [4.78, 5) is 12.0. The van der Waals surface area contributed by atoms with E-state index in [-0.39, 0.29) is 41.1 Å². The van der Waals surface area contributed by atoms with E-state index in [1.54, 1.807) is 24.3 Å². The van der Waals surface area contributed by atoms with Gasteiger partial charge in [-0.1, -0.05) is 12.1 Å². The SMILES string of the molecule is COc1ccc2ccc(S(=O)(=O)NC3CN(S(=O)(=O)C(F)(F)F)CCN3CCC=O)cc2c1.Cl. The molecule has 190 valence electrons. The summed E-state index contributed by atoms with van der Waals surface area (Å²) < 4.78 is 96.5. The smallest absolute Gasteiger partial charge is 0.497 e. The number of carbonyl (C=O) groups excluding carboxylic acids is 1. The molecule has 1 unspecified atom stereocenters. The van der Waals surface area contributed by atoms with Gasteiger partial charge in [-0.3, -0.25) is 4.90 Å². The van der Waals surface area contributed by atoms with Crippen LogP contribution in [0.15, 0.2) is 41.3 Å². The van der Waals surface area contributed by atoms with Crippen LogP contribution in [0, 0.1) is 0 Å². The van der Waals surface area contributed by atoms with Gasteiger partial charge in [0.05, 0.1) is 18.2 Å². The molecule has 3 rings (SSSR count). The number of benzene rings is 2. The first-order valence-corrected chi connectivity index (χ1v) is 12.7. The van der Waals surface area contributed by atoms with Crippen LogP contribution in [-0.4, -0.2) is 77.3 Å². The quantitative estimate of drug-likeness (QED) is 0.504. The molecular weight excluding hydrogens is 523 g/mol. The molecule has 34 heavy (non-hydrogen) atoms. The maximum absolute atomic E-state index is 13.0. The van der Waals surface area contributed by atoms with Crippen LogP contribution < -0.4 is 9.46 Å². The fourth-order valence-corrected chi connectivity index (χ4v) is 5.70. The lowest BCUT2D eigenvalue weighted by Gasteiger charge is -2.40. The minimum atomic E-state index is -5.64. The molecule has 0 bridgehead atoms. The standard InChI is InChI=1S/C19H22F3N3O6S2.ClH/c1-31-16-5-3-14-4-6-17(12-15(14)11-16)32(27,28)23-18-13-25(33(29,30)19(20,21)22)9-8-24(18)7-2-10-26;/h3-6,10-12,18,23H,2,7-9,13H2,1H3;1H. The Bertz CT molecular complexity index is 1240. The predicted octanol–water partition coefficient (Wildman–Crippen LogP) is 1.93. The number of nitrogens with zero attached hydrogens (tertiary/aromatic N) is 2. The van der Waals surface area contributed by atoms with Crippen molar-refractivity contribution in [3.8, 4) is 5.75 Å². The summed E-state index contributed by atoms with van der Waals surface area (Å²) in [6.45, 7) is -1.40. The van der Waals surface area contributed by atoms with Gasteiger partial charge in [0.1, 0.15) is 12.0 Å². The molecule has 0 aliphatic carbocycles. The molecule has 1 fully saturated rings. The number of carbonyl (C=O) groups is 1. The van der Waals surface area contributed by atoms with Crippen LogP contribution in [0.4, 0.5) is 13.2 Å². The first-order chi connectivity index (χ1) is 15.4. The first-order valence-electron chi connectivity index (χ1n) is 9.73. The Hall–Kier alpha value is -1.97. The second-order valence-corrected chi connectivity index (χ2v) is 11.0. The van der Waals surface area contributed by atoms with Gasteiger partial charge in [-0.15, -0.1) is 12.4 Å². The van der Waals surface area contributed by atoms with Crippen molar-refractivity contribution in [1.29, 1.82) is 0 Å². The Morgan fingerprint density at radius 1 is 1.09 bits per heavy atom. The highest BCUT2D eigenvalue weighted by Gasteiger charge is 2.51. The molecule has 1 atom stereocenters. The molecule has 0 saturated carbocycles. The van der Waals surface area contributed by atoms with E-state index in [0.29, 0.717) is 17.4 Å². The van der Waals surface area contributed by atoms with Crippen molar-refractivity contribution in [3.05, 3.63) is 36.4 Å². The molecule has 1 aliphatic heterocycles. The maximum Gasteiger partial charge on any atom is 0.511 e. The summed E-state index contributed by atoms with van der Waals surface area (Å²) in [5, 5.41) is 1.29. The summed E-state index contributed by atoms with van der Waals surface area (Å²) in [7, 11) is -8.44. The van der Waals surface area contributed by atoms with Crippen molar-refractivity contribution in [1.82, 2.24) is 13.9 Å². The molecule has 9 nitrogen and oxygen atoms in total. The molecule has 0 aromatic heterocycles. The van der Waals surface area contributed by atoms with Crippen LogP contribution in [0.1, 0.15) is 6.42 Å². The largest absolute Gasteiger partial charge is 0.511 e. The number of hydrogen-bond acceptors (Lipinski definition) is 7. The van der Waals surface area contributed by atoms with Crippen LogP contribution in [0.5, 0.6) is 5.75 Å². The van der Waals surface area contributed by atoms with Gasteiger partial charge >= 0.3 is 15.5 Å². The van der Waals surface area contributed by atoms with E-state index in [0.717, 1.165) is 5.39 Å². The highest BCUT2D eigenvalue weighted by molar-refractivity contribution is 7.90. The number of hydrogen-bond donors (Lipinski definition) is 1. The zero-order valence-electron chi connectivity index (χ0n) is 17.9. The molecule has 1 N–H and O–H groups in total. The Balaban J connectivity index is 0.00000408. The number of fused-ring (bicyclic) bond motifs is 1. The number of methoxy groups -OCH3 is 1. The average molecular weight is 546 g/mol. The Kier molecular flexibility index (Phi) is 8.93. The number of halogens is 4. The third-order valence-corrected chi connectivity index (χ3v) is 8.29. The fraction of sp³-hybridized carbons (Fsp3) is 0.421. The number of rotatable bonds is 8. The van der Waals surface area contributed by atoms with Gasteiger partial charge in [0.2, 0.25) is 10.0 Å². The maximum atomic E-state index is 13.0. The normalized spacial score (nSPS) is 18.4. The molecule has 1 saturated heterocycles. The molecule has 1 heterocycles. The van der Waals surface area contributed by atoms with Crippen molar-refractivity contribution in [2.45, 2.75) is 23.0 Å². The number of piperazine rings is 1. The lowest BCUT2D eigenvalue weighted by atomic mass is 10.1. The first kappa shape index (κ1) is 28.3. The van der Waals surface area contributed by atoms with E-state index >= 15 is 0 Å². The number of nitrogens with one attached hydrogen (secondary N) is 1. The molecule has 0 amide bonds. The van der Waals surface area contributed by atoms with Crippen LogP contribution in [0.3, 0.4) is 0 Å². The highest BCUT2D eigenvalue weighted by Crippen LogP contribution is 2.29. The summed E-state index contributed by atoms with van der Waals surface area (Å²) in [6, 6.07) is 9.35. The number of ether oxygens (including phenoxy) is 1. The third kappa shape index (κ3) is 5.98. The van der Waals surface area contributed by atoms with E-state index in [9.17, 15) is 34.8 Å². The van der Waals surface area contributed by atoms with Crippen LogP contribution in [0.25, 0.3) is 10.8 Å². The van der Waals surface area contributed by atoms with Gasteiger partial charge in [0, 0.05) is 32.6 Å². The lowest BCUT2D eigenvalue weighted by molar-refractivity contribution is -0.108. The second-order valence-electron chi connectivity index (χ2n) is 7.31. The fourth-order valence-electron chi connectivity index (χ4n) is 3.50. The summed E-state index contributed by atoms with van der Waals surface area (Å²) >= 11 is 0. The van der Waals surface area contributed by atoms with Gasteiger partial charge in [-0.25, -0.2) is 16.8 Å². The zero-order valence-corrected chi connectivity index (χ0v) is 20.3. The summed E-state index contributed by atoms with van der Waals surface area (Å²) in [6.07, 6.45) is -0.719. The van der Waals surface area contributed by atoms with Crippen molar-refractivity contribution in [2.24, 2.45) is 0 Å². The van der Waals surface area contributed by atoms with Crippen molar-refractivity contribution >= 4 is 49.5 Å². The monoisotopic (exact) mass is 545 g/mol. The summed E-state index contributed by atoms with van der Waals surface area (Å²) in [5.74, 6) is 0.505. The lowest BCUT2D eigenvalue weighted by Crippen LogP contribution is -2.62. The highest BCUT2D eigenvalue weighted by atomic mass is 35.5. The number of alkyl halides is 3. The Labute approximate surface area is 201 Å². The van der Waals surface area contributed by atoms with Gasteiger partial charge in [0.15, 0.2) is 0 Å². The Morgan fingerprint density at radius 3 is 2.38 bits per heavy atom. The molecule has 2 aromatic rings. The van der Waals surface area contributed by atoms with Gasteiger partial charge in [0.25, 0.3) is 0 Å². The minimum Gasteiger partial charge on any atom is -0.497 e. The second kappa shape index (κ2) is 10.7. The molecule has 2 aromatic carbocycles. The van der Waals surface area contributed by atoms with E-state index in [2.05, 4.69) is 4.72 Å². The van der Waals surface area contributed by atoms with Gasteiger partial charge < -0.3 is 9.53 Å². The molecule has 0 radical (unpaired) electrons. The molecule has 1 aliphatic rings. The van der Waals surface area contributed by atoms with Crippen molar-refractivity contribution in [2.75, 3.05) is 33.3 Å². The van der Waals surface area contributed by atoms with E-state index in [4.69, 9.17) is 4.74 Å². The van der Waals surface area contributed by atoms with Crippen molar-refractivity contribution < 1.29 is 39.5 Å². The average Bonchev–Trinajstić information content (AvgIpc) is 2.76. The van der Waals surface area contributed by atoms with E-state index in [1.165, 1.54) is 24.1 Å². The van der Waals surface area contributed by atoms with Gasteiger partial charge in [-0.2, -0.15) is 22.2 Å². The van der Waals surface area contributed by atoms with E-state index in [1.807, 2.05) is 0 Å². The topological polar surface area (TPSA) is 113 Å².